The van der Waals surface area contributed by atoms with E-state index in [1.807, 2.05) is 24.3 Å². The van der Waals surface area contributed by atoms with Crippen LogP contribution in [-0.2, 0) is 0 Å². The first-order chi connectivity index (χ1) is 9.72. The summed E-state index contributed by atoms with van der Waals surface area (Å²) in [5.74, 6) is 2.28. The number of methoxy groups -OCH3 is 1. The topological polar surface area (TPSA) is 66.6 Å². The molecule has 0 saturated carbocycles. The molecule has 0 unspecified atom stereocenters. The van der Waals surface area contributed by atoms with Crippen LogP contribution in [-0.4, -0.2) is 18.7 Å². The number of benzene rings is 1. The molecule has 0 aliphatic rings. The SMILES string of the molecule is CCCOc1ccc(Oc2ccc(N)c(OC)n2)cc1. The molecule has 0 fully saturated rings. The fourth-order valence-corrected chi connectivity index (χ4v) is 1.60. The largest absolute Gasteiger partial charge is 0.494 e. The number of rotatable bonds is 6. The van der Waals surface area contributed by atoms with Crippen molar-refractivity contribution in [3.05, 3.63) is 36.4 Å². The summed E-state index contributed by atoms with van der Waals surface area (Å²) in [6.45, 7) is 2.77. The molecule has 1 aromatic heterocycles. The van der Waals surface area contributed by atoms with Gasteiger partial charge in [-0.05, 0) is 36.8 Å². The van der Waals surface area contributed by atoms with Crippen molar-refractivity contribution in [3.8, 4) is 23.3 Å². The Labute approximate surface area is 118 Å². The van der Waals surface area contributed by atoms with Gasteiger partial charge in [0, 0.05) is 6.07 Å². The van der Waals surface area contributed by atoms with Crippen LogP contribution in [0.4, 0.5) is 5.69 Å². The first-order valence-electron chi connectivity index (χ1n) is 6.44. The normalized spacial score (nSPS) is 10.1. The molecule has 0 aliphatic heterocycles. The van der Waals surface area contributed by atoms with Crippen LogP contribution in [0.1, 0.15) is 13.3 Å². The predicted octanol–water partition coefficient (Wildman–Crippen LogP) is 3.25. The number of nitrogens with two attached hydrogens (primary N) is 1. The van der Waals surface area contributed by atoms with Crippen LogP contribution in [0.3, 0.4) is 0 Å². The Morgan fingerprint density at radius 1 is 1.05 bits per heavy atom. The lowest BCUT2D eigenvalue weighted by molar-refractivity contribution is 0.317. The van der Waals surface area contributed by atoms with Crippen molar-refractivity contribution in [1.29, 1.82) is 0 Å². The lowest BCUT2D eigenvalue weighted by atomic mass is 10.3. The third kappa shape index (κ3) is 3.54. The van der Waals surface area contributed by atoms with Crippen molar-refractivity contribution in [3.63, 3.8) is 0 Å². The molecule has 2 N–H and O–H groups in total. The van der Waals surface area contributed by atoms with Gasteiger partial charge in [0.05, 0.1) is 19.4 Å². The molecule has 1 heterocycles. The van der Waals surface area contributed by atoms with Gasteiger partial charge in [0.15, 0.2) is 0 Å². The minimum absolute atomic E-state index is 0.352. The highest BCUT2D eigenvalue weighted by atomic mass is 16.5. The molecule has 0 spiro atoms. The van der Waals surface area contributed by atoms with Crippen molar-refractivity contribution < 1.29 is 14.2 Å². The van der Waals surface area contributed by atoms with Gasteiger partial charge in [0.2, 0.25) is 11.8 Å². The third-order valence-electron chi connectivity index (χ3n) is 2.58. The maximum absolute atomic E-state index is 5.70. The molecular formula is C15H18N2O3. The molecule has 0 bridgehead atoms. The summed E-state index contributed by atoms with van der Waals surface area (Å²) in [6.07, 6.45) is 0.980. The quantitative estimate of drug-likeness (QED) is 0.875. The van der Waals surface area contributed by atoms with E-state index in [9.17, 15) is 0 Å². The van der Waals surface area contributed by atoms with Gasteiger partial charge in [-0.3, -0.25) is 0 Å². The maximum Gasteiger partial charge on any atom is 0.240 e. The molecule has 106 valence electrons. The van der Waals surface area contributed by atoms with Gasteiger partial charge >= 0.3 is 0 Å². The van der Waals surface area contributed by atoms with E-state index in [4.69, 9.17) is 19.9 Å². The smallest absolute Gasteiger partial charge is 0.240 e. The molecule has 1 aromatic carbocycles. The number of nitrogens with zero attached hydrogens (tertiary/aromatic N) is 1. The van der Waals surface area contributed by atoms with E-state index in [1.165, 1.54) is 7.11 Å². The molecule has 0 aliphatic carbocycles. The van der Waals surface area contributed by atoms with Crippen molar-refractivity contribution in [2.45, 2.75) is 13.3 Å². The van der Waals surface area contributed by atoms with Gasteiger partial charge in [0.1, 0.15) is 11.5 Å². The van der Waals surface area contributed by atoms with Gasteiger partial charge in [0.25, 0.3) is 0 Å². The predicted molar refractivity (Wildman–Crippen MR) is 77.5 cm³/mol. The van der Waals surface area contributed by atoms with Crippen LogP contribution >= 0.6 is 0 Å². The summed E-state index contributed by atoms with van der Waals surface area (Å²) in [7, 11) is 1.52. The zero-order chi connectivity index (χ0) is 14.4. The van der Waals surface area contributed by atoms with Crippen LogP contribution in [0.2, 0.25) is 0 Å². The highest BCUT2D eigenvalue weighted by Gasteiger charge is 2.05. The van der Waals surface area contributed by atoms with Crippen LogP contribution < -0.4 is 19.9 Å². The zero-order valence-corrected chi connectivity index (χ0v) is 11.6. The lowest BCUT2D eigenvalue weighted by Gasteiger charge is -2.09. The fourth-order valence-electron chi connectivity index (χ4n) is 1.60. The van der Waals surface area contributed by atoms with E-state index in [0.717, 1.165) is 12.2 Å². The van der Waals surface area contributed by atoms with Gasteiger partial charge < -0.3 is 19.9 Å². The second-order valence-corrected chi connectivity index (χ2v) is 4.17. The maximum atomic E-state index is 5.70. The zero-order valence-electron chi connectivity index (χ0n) is 11.6. The molecule has 0 amide bonds. The van der Waals surface area contributed by atoms with Crippen LogP contribution in [0.25, 0.3) is 0 Å². The molecular weight excluding hydrogens is 256 g/mol. The van der Waals surface area contributed by atoms with Crippen molar-refractivity contribution in [2.75, 3.05) is 19.5 Å². The van der Waals surface area contributed by atoms with Crippen LogP contribution in [0.5, 0.6) is 23.3 Å². The summed E-state index contributed by atoms with van der Waals surface area (Å²) >= 11 is 0. The molecule has 5 heteroatoms. The van der Waals surface area contributed by atoms with Crippen molar-refractivity contribution in [2.24, 2.45) is 0 Å². The first-order valence-corrected chi connectivity index (χ1v) is 6.44. The summed E-state index contributed by atoms with van der Waals surface area (Å²) in [4.78, 5) is 4.16. The Morgan fingerprint density at radius 2 is 1.75 bits per heavy atom. The molecule has 5 nitrogen and oxygen atoms in total. The van der Waals surface area contributed by atoms with Crippen LogP contribution in [0, 0.1) is 0 Å². The number of anilines is 1. The number of aromatic nitrogens is 1. The molecule has 0 saturated heterocycles. The summed E-state index contributed by atoms with van der Waals surface area (Å²) < 4.78 is 16.2. The Morgan fingerprint density at radius 3 is 2.40 bits per heavy atom. The summed E-state index contributed by atoms with van der Waals surface area (Å²) in [5.41, 5.74) is 6.18. The van der Waals surface area contributed by atoms with Crippen LogP contribution in [0.15, 0.2) is 36.4 Å². The van der Waals surface area contributed by atoms with E-state index in [2.05, 4.69) is 11.9 Å². The average Bonchev–Trinajstić information content (AvgIpc) is 2.48. The number of hydrogen-bond acceptors (Lipinski definition) is 5. The average molecular weight is 274 g/mol. The molecule has 0 radical (unpaired) electrons. The van der Waals surface area contributed by atoms with Gasteiger partial charge in [-0.1, -0.05) is 6.92 Å². The van der Waals surface area contributed by atoms with E-state index < -0.39 is 0 Å². The van der Waals surface area contributed by atoms with Gasteiger partial charge in [-0.25, -0.2) is 0 Å². The number of hydrogen-bond donors (Lipinski definition) is 1. The fraction of sp³-hybridized carbons (Fsp3) is 0.267. The van der Waals surface area contributed by atoms with E-state index in [0.29, 0.717) is 29.8 Å². The molecule has 2 aromatic rings. The number of ether oxygens (including phenoxy) is 3. The lowest BCUT2D eigenvalue weighted by Crippen LogP contribution is -1.97. The summed E-state index contributed by atoms with van der Waals surface area (Å²) in [6, 6.07) is 10.8. The number of pyridine rings is 1. The second kappa shape index (κ2) is 6.65. The molecule has 2 rings (SSSR count). The minimum Gasteiger partial charge on any atom is -0.494 e. The Bertz CT molecular complexity index is 556. The van der Waals surface area contributed by atoms with Crippen molar-refractivity contribution in [1.82, 2.24) is 4.98 Å². The Kier molecular flexibility index (Phi) is 4.65. The van der Waals surface area contributed by atoms with Crippen molar-refractivity contribution >= 4 is 5.69 Å². The first kappa shape index (κ1) is 14.0. The highest BCUT2D eigenvalue weighted by Crippen LogP contribution is 2.26. The minimum atomic E-state index is 0.352. The molecule has 20 heavy (non-hydrogen) atoms. The van der Waals surface area contributed by atoms with E-state index >= 15 is 0 Å². The van der Waals surface area contributed by atoms with Gasteiger partial charge in [-0.15, -0.1) is 0 Å². The van der Waals surface area contributed by atoms with Gasteiger partial charge in [-0.2, -0.15) is 4.98 Å². The summed E-state index contributed by atoms with van der Waals surface area (Å²) in [5, 5.41) is 0. The van der Waals surface area contributed by atoms with E-state index in [1.54, 1.807) is 12.1 Å². The Hall–Kier alpha value is -2.43. The Balaban J connectivity index is 2.06. The number of nitrogen functional groups attached to an aromatic ring is 1. The monoisotopic (exact) mass is 274 g/mol. The third-order valence-corrected chi connectivity index (χ3v) is 2.58. The standard InChI is InChI=1S/C15H18N2O3/c1-3-10-19-11-4-6-12(7-5-11)20-14-9-8-13(16)15(17-14)18-2/h4-9H,3,10,16H2,1-2H3. The molecule has 0 atom stereocenters. The highest BCUT2D eigenvalue weighted by molar-refractivity contribution is 5.49. The van der Waals surface area contributed by atoms with E-state index in [-0.39, 0.29) is 0 Å². The second-order valence-electron chi connectivity index (χ2n) is 4.17.